The molecule has 0 saturated carbocycles. The SMILES string of the molecule is C[C@@H](O)[C@H](O)[C@H](O)[C@@H](O)C(=O)OP(=O)(O)O. The van der Waals surface area contributed by atoms with Crippen LogP contribution in [0.25, 0.3) is 0 Å². The van der Waals surface area contributed by atoms with E-state index >= 15 is 0 Å². The molecule has 16 heavy (non-hydrogen) atoms. The molecule has 0 rings (SSSR count). The molecule has 0 fully saturated rings. The number of carbonyl (C=O) groups is 1. The van der Waals surface area contributed by atoms with Gasteiger partial charge >= 0.3 is 13.8 Å². The zero-order valence-corrected chi connectivity index (χ0v) is 9.06. The van der Waals surface area contributed by atoms with E-state index in [9.17, 15) is 9.36 Å². The molecule has 0 aromatic carbocycles. The molecule has 4 atom stereocenters. The summed E-state index contributed by atoms with van der Waals surface area (Å²) >= 11 is 0. The third-order valence-corrected chi connectivity index (χ3v) is 2.04. The second kappa shape index (κ2) is 5.69. The molecular weight excluding hydrogens is 247 g/mol. The molecule has 0 aliphatic rings. The van der Waals surface area contributed by atoms with Crippen LogP contribution in [0.1, 0.15) is 6.92 Å². The Morgan fingerprint density at radius 2 is 1.56 bits per heavy atom. The van der Waals surface area contributed by atoms with Crippen molar-refractivity contribution < 1.29 is 44.1 Å². The molecule has 0 spiro atoms. The Morgan fingerprint density at radius 1 is 1.12 bits per heavy atom. The van der Waals surface area contributed by atoms with E-state index in [1.807, 2.05) is 0 Å². The smallest absolute Gasteiger partial charge is 0.391 e. The Labute approximate surface area is 90.2 Å². The van der Waals surface area contributed by atoms with E-state index in [1.165, 1.54) is 0 Å². The van der Waals surface area contributed by atoms with Gasteiger partial charge in [0.15, 0.2) is 6.10 Å². The number of aliphatic hydroxyl groups excluding tert-OH is 4. The second-order valence-electron chi connectivity index (χ2n) is 3.07. The minimum absolute atomic E-state index is 1.08. The summed E-state index contributed by atoms with van der Waals surface area (Å²) in [5.41, 5.74) is 0. The lowest BCUT2D eigenvalue weighted by molar-refractivity contribution is -0.160. The van der Waals surface area contributed by atoms with Gasteiger partial charge in [0.1, 0.15) is 12.2 Å². The van der Waals surface area contributed by atoms with Crippen LogP contribution in [0.5, 0.6) is 0 Å². The first kappa shape index (κ1) is 15.5. The van der Waals surface area contributed by atoms with Crippen LogP contribution in [-0.2, 0) is 13.9 Å². The molecule has 0 aliphatic heterocycles. The highest BCUT2D eigenvalue weighted by Crippen LogP contribution is 2.36. The lowest BCUT2D eigenvalue weighted by Crippen LogP contribution is -2.47. The van der Waals surface area contributed by atoms with Gasteiger partial charge in [-0.25, -0.2) is 9.36 Å². The van der Waals surface area contributed by atoms with Crippen LogP contribution >= 0.6 is 7.82 Å². The molecule has 0 unspecified atom stereocenters. The fraction of sp³-hybridized carbons (Fsp3) is 0.833. The summed E-state index contributed by atoms with van der Waals surface area (Å²) in [6, 6.07) is 0. The van der Waals surface area contributed by atoms with E-state index in [2.05, 4.69) is 4.52 Å². The molecule has 96 valence electrons. The zero-order chi connectivity index (χ0) is 13.1. The quantitative estimate of drug-likeness (QED) is 0.284. The first-order valence-electron chi connectivity index (χ1n) is 4.07. The van der Waals surface area contributed by atoms with Crippen LogP contribution < -0.4 is 0 Å². The average Bonchev–Trinajstić information content (AvgIpc) is 2.11. The molecule has 10 heteroatoms. The Hall–Kier alpha value is -0.540. The van der Waals surface area contributed by atoms with E-state index in [0.717, 1.165) is 6.92 Å². The van der Waals surface area contributed by atoms with Gasteiger partial charge < -0.3 is 24.9 Å². The summed E-state index contributed by atoms with van der Waals surface area (Å²) in [5, 5.41) is 36.0. The highest BCUT2D eigenvalue weighted by Gasteiger charge is 2.36. The van der Waals surface area contributed by atoms with E-state index in [-0.39, 0.29) is 0 Å². The topological polar surface area (TPSA) is 165 Å². The Balaban J connectivity index is 4.50. The summed E-state index contributed by atoms with van der Waals surface area (Å²) in [6.07, 6.45) is -7.82. The van der Waals surface area contributed by atoms with Crippen molar-refractivity contribution in [3.05, 3.63) is 0 Å². The molecular formula is C6H13O9P. The van der Waals surface area contributed by atoms with E-state index < -0.39 is 38.2 Å². The highest BCUT2D eigenvalue weighted by molar-refractivity contribution is 7.46. The van der Waals surface area contributed by atoms with Gasteiger partial charge in [0.2, 0.25) is 0 Å². The van der Waals surface area contributed by atoms with Crippen LogP contribution in [-0.4, -0.2) is 60.6 Å². The molecule has 0 saturated heterocycles. The Bertz CT molecular complexity index is 284. The van der Waals surface area contributed by atoms with Crippen molar-refractivity contribution in [2.24, 2.45) is 0 Å². The van der Waals surface area contributed by atoms with Crippen molar-refractivity contribution in [2.45, 2.75) is 31.3 Å². The van der Waals surface area contributed by atoms with Crippen molar-refractivity contribution in [3.8, 4) is 0 Å². The van der Waals surface area contributed by atoms with Crippen LogP contribution in [0.15, 0.2) is 0 Å². The predicted molar refractivity (Wildman–Crippen MR) is 47.8 cm³/mol. The van der Waals surface area contributed by atoms with Gasteiger partial charge in [-0.15, -0.1) is 0 Å². The van der Waals surface area contributed by atoms with Crippen LogP contribution in [0.2, 0.25) is 0 Å². The maximum absolute atomic E-state index is 10.8. The summed E-state index contributed by atoms with van der Waals surface area (Å²) in [7, 11) is -5.13. The lowest BCUT2D eigenvalue weighted by atomic mass is 10.0. The summed E-state index contributed by atoms with van der Waals surface area (Å²) in [4.78, 5) is 27.3. The minimum Gasteiger partial charge on any atom is -0.391 e. The number of phosphoric acid groups is 1. The van der Waals surface area contributed by atoms with Gasteiger partial charge in [-0.2, -0.15) is 0 Å². The van der Waals surface area contributed by atoms with Crippen LogP contribution in [0.4, 0.5) is 0 Å². The molecule has 6 N–H and O–H groups in total. The third-order valence-electron chi connectivity index (χ3n) is 1.62. The van der Waals surface area contributed by atoms with Gasteiger partial charge in [-0.1, -0.05) is 0 Å². The van der Waals surface area contributed by atoms with E-state index in [0.29, 0.717) is 0 Å². The van der Waals surface area contributed by atoms with Crippen LogP contribution in [0, 0.1) is 0 Å². The minimum atomic E-state index is -5.13. The number of aliphatic hydroxyl groups is 4. The highest BCUT2D eigenvalue weighted by atomic mass is 31.2. The van der Waals surface area contributed by atoms with Crippen molar-refractivity contribution in [1.82, 2.24) is 0 Å². The van der Waals surface area contributed by atoms with Crippen molar-refractivity contribution in [1.29, 1.82) is 0 Å². The molecule has 0 amide bonds. The van der Waals surface area contributed by atoms with Crippen LogP contribution in [0.3, 0.4) is 0 Å². The number of hydrogen-bond acceptors (Lipinski definition) is 7. The maximum atomic E-state index is 10.8. The predicted octanol–water partition coefficient (Wildman–Crippen LogP) is -2.91. The van der Waals surface area contributed by atoms with Crippen molar-refractivity contribution >= 4 is 13.8 Å². The van der Waals surface area contributed by atoms with Crippen molar-refractivity contribution in [3.63, 3.8) is 0 Å². The molecule has 0 aromatic rings. The first-order chi connectivity index (χ1) is 7.06. The molecule has 9 nitrogen and oxygen atoms in total. The molecule has 0 bridgehead atoms. The van der Waals surface area contributed by atoms with Gasteiger partial charge in [0.05, 0.1) is 6.10 Å². The average molecular weight is 260 g/mol. The van der Waals surface area contributed by atoms with Gasteiger partial charge in [-0.05, 0) is 6.92 Å². The summed E-state index contributed by atoms with van der Waals surface area (Å²) in [6.45, 7) is 1.08. The van der Waals surface area contributed by atoms with Crippen molar-refractivity contribution in [2.75, 3.05) is 0 Å². The largest absolute Gasteiger partial charge is 0.527 e. The summed E-state index contributed by atoms with van der Waals surface area (Å²) in [5.74, 6) is -1.81. The molecule has 0 heterocycles. The fourth-order valence-corrected chi connectivity index (χ4v) is 1.13. The Morgan fingerprint density at radius 3 is 1.88 bits per heavy atom. The molecule has 0 aromatic heterocycles. The second-order valence-corrected chi connectivity index (χ2v) is 4.23. The van der Waals surface area contributed by atoms with Gasteiger partial charge in [0.25, 0.3) is 0 Å². The number of hydrogen-bond donors (Lipinski definition) is 6. The number of carbonyl (C=O) groups excluding carboxylic acids is 1. The summed E-state index contributed by atoms with van der Waals surface area (Å²) < 4.78 is 13.7. The number of phosphoric ester groups is 1. The molecule has 0 radical (unpaired) electrons. The van der Waals surface area contributed by atoms with Gasteiger partial charge in [0, 0.05) is 0 Å². The zero-order valence-electron chi connectivity index (χ0n) is 8.16. The normalized spacial score (nSPS) is 19.7. The first-order valence-corrected chi connectivity index (χ1v) is 5.60. The fourth-order valence-electron chi connectivity index (χ4n) is 0.783. The number of rotatable bonds is 5. The molecule has 0 aliphatic carbocycles. The maximum Gasteiger partial charge on any atom is 0.527 e. The third kappa shape index (κ3) is 4.99. The van der Waals surface area contributed by atoms with Gasteiger partial charge in [-0.3, -0.25) is 9.79 Å². The Kier molecular flexibility index (Phi) is 5.50. The van der Waals surface area contributed by atoms with E-state index in [4.69, 9.17) is 30.2 Å². The van der Waals surface area contributed by atoms with E-state index in [1.54, 1.807) is 0 Å². The standard InChI is InChI=1S/C6H13O9P/c1-2(7)3(8)4(9)5(10)6(11)15-16(12,13)14/h2-5,7-10H,1H3,(H2,12,13,14)/t2-,3+,4+,5-/m1/s1. The lowest BCUT2D eigenvalue weighted by Gasteiger charge is -2.23. The monoisotopic (exact) mass is 260 g/mol.